The summed E-state index contributed by atoms with van der Waals surface area (Å²) in [6.45, 7) is -0.271. The van der Waals surface area contributed by atoms with E-state index in [0.29, 0.717) is 28.8 Å². The number of thiophene rings is 1. The number of carbonyl (C=O) groups is 2. The van der Waals surface area contributed by atoms with E-state index in [1.807, 2.05) is 0 Å². The number of aryl methyl sites for hydroxylation is 1. The summed E-state index contributed by atoms with van der Waals surface area (Å²) in [6.07, 6.45) is 8.34. The third-order valence-electron chi connectivity index (χ3n) is 5.96. The van der Waals surface area contributed by atoms with Crippen molar-refractivity contribution >= 4 is 28.2 Å². The number of carbonyl (C=O) groups excluding carboxylic acids is 2. The number of anilines is 1. The van der Waals surface area contributed by atoms with Gasteiger partial charge in [-0.2, -0.15) is 5.26 Å². The Labute approximate surface area is 151 Å². The second-order valence-electron chi connectivity index (χ2n) is 7.52. The molecule has 3 aliphatic carbocycles. The van der Waals surface area contributed by atoms with Crippen LogP contribution in [0.5, 0.6) is 0 Å². The van der Waals surface area contributed by atoms with Crippen molar-refractivity contribution < 1.29 is 14.3 Å². The first-order valence-corrected chi connectivity index (χ1v) is 9.95. The van der Waals surface area contributed by atoms with Gasteiger partial charge in [0.1, 0.15) is 11.1 Å². The number of nitriles is 1. The van der Waals surface area contributed by atoms with Crippen LogP contribution in [0, 0.1) is 29.1 Å². The third-order valence-corrected chi connectivity index (χ3v) is 7.17. The van der Waals surface area contributed by atoms with Crippen molar-refractivity contribution in [3.8, 4) is 6.07 Å². The summed E-state index contributed by atoms with van der Waals surface area (Å²) < 4.78 is 5.17. The number of nitrogens with one attached hydrogen (secondary N) is 1. The molecule has 4 rings (SSSR count). The van der Waals surface area contributed by atoms with Crippen molar-refractivity contribution in [3.05, 3.63) is 16.0 Å². The minimum absolute atomic E-state index is 0.271. The highest BCUT2D eigenvalue weighted by atomic mass is 32.1. The van der Waals surface area contributed by atoms with Gasteiger partial charge in [0, 0.05) is 11.3 Å². The first kappa shape index (κ1) is 16.6. The van der Waals surface area contributed by atoms with Crippen LogP contribution in [0.4, 0.5) is 5.00 Å². The molecule has 0 spiro atoms. The quantitative estimate of drug-likeness (QED) is 0.818. The van der Waals surface area contributed by atoms with Crippen LogP contribution in [0.25, 0.3) is 0 Å². The van der Waals surface area contributed by atoms with Gasteiger partial charge in [-0.15, -0.1) is 11.3 Å². The molecule has 5 nitrogen and oxygen atoms in total. The molecule has 3 atom stereocenters. The first-order valence-electron chi connectivity index (χ1n) is 9.14. The zero-order chi connectivity index (χ0) is 17.4. The third kappa shape index (κ3) is 3.30. The van der Waals surface area contributed by atoms with Crippen LogP contribution in [-0.4, -0.2) is 18.5 Å². The molecule has 1 heterocycles. The summed E-state index contributed by atoms with van der Waals surface area (Å²) in [7, 11) is 0. The van der Waals surface area contributed by atoms with Crippen molar-refractivity contribution in [2.75, 3.05) is 11.9 Å². The number of amides is 1. The molecule has 0 unspecified atom stereocenters. The highest BCUT2D eigenvalue weighted by Crippen LogP contribution is 2.49. The smallest absolute Gasteiger partial charge is 0.306 e. The van der Waals surface area contributed by atoms with Crippen molar-refractivity contribution in [1.82, 2.24) is 0 Å². The Hall–Kier alpha value is -1.87. The molecule has 2 bridgehead atoms. The van der Waals surface area contributed by atoms with Gasteiger partial charge < -0.3 is 10.1 Å². The fraction of sp³-hybridized carbons (Fsp3) is 0.632. The standard InChI is InChI=1S/C19H22N2O3S/c20-9-15-14-2-1-3-16(14)25-19(15)21-17(22)10-24-18(23)8-13-7-11-4-5-12(13)6-11/h11-13H,1-8,10H2,(H,21,22)/t11-,12+,13+/m0/s1. The Kier molecular flexibility index (Phi) is 4.51. The molecule has 0 aliphatic heterocycles. The molecule has 1 N–H and O–H groups in total. The van der Waals surface area contributed by atoms with E-state index in [4.69, 9.17) is 4.74 Å². The lowest BCUT2D eigenvalue weighted by Gasteiger charge is -2.20. The van der Waals surface area contributed by atoms with E-state index in [9.17, 15) is 14.9 Å². The Balaban J connectivity index is 1.27. The summed E-state index contributed by atoms with van der Waals surface area (Å²) in [5, 5.41) is 12.7. The van der Waals surface area contributed by atoms with Gasteiger partial charge in [0.05, 0.1) is 5.56 Å². The molecule has 1 aromatic heterocycles. The molecular weight excluding hydrogens is 336 g/mol. The van der Waals surface area contributed by atoms with Crippen molar-refractivity contribution in [1.29, 1.82) is 5.26 Å². The normalized spacial score (nSPS) is 26.3. The maximum Gasteiger partial charge on any atom is 0.306 e. The molecule has 0 radical (unpaired) electrons. The van der Waals surface area contributed by atoms with Crippen LogP contribution >= 0.6 is 11.3 Å². The fourth-order valence-electron chi connectivity index (χ4n) is 4.82. The van der Waals surface area contributed by atoms with E-state index >= 15 is 0 Å². The van der Waals surface area contributed by atoms with E-state index in [1.54, 1.807) is 0 Å². The van der Waals surface area contributed by atoms with E-state index in [0.717, 1.165) is 37.2 Å². The average molecular weight is 358 g/mol. The summed E-state index contributed by atoms with van der Waals surface area (Å²) in [6, 6.07) is 2.20. The summed E-state index contributed by atoms with van der Waals surface area (Å²) in [5.41, 5.74) is 1.66. The van der Waals surface area contributed by atoms with Gasteiger partial charge in [-0.1, -0.05) is 6.42 Å². The van der Waals surface area contributed by atoms with E-state index in [2.05, 4.69) is 11.4 Å². The lowest BCUT2D eigenvalue weighted by atomic mass is 9.86. The highest BCUT2D eigenvalue weighted by Gasteiger charge is 2.40. The Morgan fingerprint density at radius 3 is 2.88 bits per heavy atom. The fourth-order valence-corrected chi connectivity index (χ4v) is 6.07. The van der Waals surface area contributed by atoms with Gasteiger partial charge in [0.2, 0.25) is 0 Å². The molecular formula is C19H22N2O3S. The number of fused-ring (bicyclic) bond motifs is 3. The second kappa shape index (κ2) is 6.80. The molecule has 25 heavy (non-hydrogen) atoms. The molecule has 0 aromatic carbocycles. The summed E-state index contributed by atoms with van der Waals surface area (Å²) in [5.74, 6) is 1.29. The SMILES string of the molecule is N#Cc1c(NC(=O)COC(=O)C[C@H]2C[C@H]3CC[C@@H]2C3)sc2c1CCC2. The number of rotatable bonds is 5. The predicted molar refractivity (Wildman–Crippen MR) is 94.2 cm³/mol. The second-order valence-corrected chi connectivity index (χ2v) is 8.63. The predicted octanol–water partition coefficient (Wildman–Crippen LogP) is 3.42. The van der Waals surface area contributed by atoms with Gasteiger partial charge in [0.25, 0.3) is 5.91 Å². The number of nitrogens with zero attached hydrogens (tertiary/aromatic N) is 1. The number of esters is 1. The van der Waals surface area contributed by atoms with Crippen molar-refractivity contribution in [2.45, 2.75) is 51.4 Å². The topological polar surface area (TPSA) is 79.2 Å². The average Bonchev–Trinajstić information content (AvgIpc) is 3.33. The van der Waals surface area contributed by atoms with Crippen LogP contribution in [0.2, 0.25) is 0 Å². The molecule has 2 saturated carbocycles. The number of ether oxygens (including phenoxy) is 1. The maximum absolute atomic E-state index is 12.1. The summed E-state index contributed by atoms with van der Waals surface area (Å²) >= 11 is 1.48. The van der Waals surface area contributed by atoms with E-state index in [1.165, 1.54) is 35.5 Å². The van der Waals surface area contributed by atoms with E-state index < -0.39 is 0 Å². The molecule has 1 aromatic rings. The minimum Gasteiger partial charge on any atom is -0.456 e. The Bertz CT molecular complexity index is 749. The van der Waals surface area contributed by atoms with Crippen LogP contribution < -0.4 is 5.32 Å². The van der Waals surface area contributed by atoms with Crippen LogP contribution in [0.3, 0.4) is 0 Å². The van der Waals surface area contributed by atoms with Crippen LogP contribution in [-0.2, 0) is 27.2 Å². The molecule has 1 amide bonds. The lowest BCUT2D eigenvalue weighted by molar-refractivity contribution is -0.148. The van der Waals surface area contributed by atoms with Gasteiger partial charge in [-0.25, -0.2) is 0 Å². The minimum atomic E-state index is -0.363. The Morgan fingerprint density at radius 1 is 1.28 bits per heavy atom. The first-order chi connectivity index (χ1) is 12.1. The van der Waals surface area contributed by atoms with Gasteiger partial charge in [0.15, 0.2) is 6.61 Å². The van der Waals surface area contributed by atoms with Gasteiger partial charge in [-0.3, -0.25) is 9.59 Å². The van der Waals surface area contributed by atoms with Gasteiger partial charge >= 0.3 is 5.97 Å². The van der Waals surface area contributed by atoms with Crippen LogP contribution in [0.15, 0.2) is 0 Å². The number of hydrogen-bond donors (Lipinski definition) is 1. The maximum atomic E-state index is 12.1. The molecule has 2 fully saturated rings. The zero-order valence-corrected chi connectivity index (χ0v) is 15.0. The lowest BCUT2D eigenvalue weighted by Crippen LogP contribution is -2.23. The van der Waals surface area contributed by atoms with E-state index in [-0.39, 0.29) is 18.5 Å². The Morgan fingerprint density at radius 2 is 2.16 bits per heavy atom. The molecule has 132 valence electrons. The molecule has 0 saturated heterocycles. The van der Waals surface area contributed by atoms with Gasteiger partial charge in [-0.05, 0) is 61.8 Å². The molecule has 6 heteroatoms. The van der Waals surface area contributed by atoms with Crippen molar-refractivity contribution in [3.63, 3.8) is 0 Å². The number of hydrogen-bond acceptors (Lipinski definition) is 5. The van der Waals surface area contributed by atoms with Crippen LogP contribution in [0.1, 0.15) is 54.5 Å². The largest absolute Gasteiger partial charge is 0.456 e. The summed E-state index contributed by atoms with van der Waals surface area (Å²) in [4.78, 5) is 25.3. The zero-order valence-electron chi connectivity index (χ0n) is 14.2. The monoisotopic (exact) mass is 358 g/mol. The van der Waals surface area contributed by atoms with Crippen molar-refractivity contribution in [2.24, 2.45) is 17.8 Å². The highest BCUT2D eigenvalue weighted by molar-refractivity contribution is 7.16. The molecule has 3 aliphatic rings.